The Balaban J connectivity index is 2.13. The van der Waals surface area contributed by atoms with Crippen molar-refractivity contribution in [2.24, 2.45) is 5.73 Å². The van der Waals surface area contributed by atoms with Crippen LogP contribution in [0.3, 0.4) is 0 Å². The molecule has 3 heteroatoms. The number of hydrogen-bond acceptors (Lipinski definition) is 3. The molecule has 0 aliphatic carbocycles. The van der Waals surface area contributed by atoms with Crippen LogP contribution >= 0.6 is 0 Å². The molecule has 0 aromatic rings. The zero-order chi connectivity index (χ0) is 10.2. The molecule has 0 aromatic heterocycles. The zero-order valence-electron chi connectivity index (χ0n) is 9.12. The molecule has 1 aliphatic heterocycles. The smallest absolute Gasteiger partial charge is 0.0431 e. The molecule has 84 valence electrons. The molecule has 14 heavy (non-hydrogen) atoms. The predicted octanol–water partition coefficient (Wildman–Crippen LogP) is 0.962. The number of piperidine rings is 1. The van der Waals surface area contributed by atoms with Crippen LogP contribution in [0.1, 0.15) is 38.5 Å². The third kappa shape index (κ3) is 3.95. The van der Waals surface area contributed by atoms with Crippen molar-refractivity contribution in [2.45, 2.75) is 44.6 Å². The second-order valence-electron chi connectivity index (χ2n) is 4.21. The SMILES string of the molecule is NCC1CCCCN1CCCCCO. The van der Waals surface area contributed by atoms with E-state index in [0.29, 0.717) is 12.6 Å². The van der Waals surface area contributed by atoms with E-state index in [1.807, 2.05) is 0 Å². The summed E-state index contributed by atoms with van der Waals surface area (Å²) in [5.41, 5.74) is 5.74. The van der Waals surface area contributed by atoms with Crippen LogP contribution in [0.25, 0.3) is 0 Å². The number of likely N-dealkylation sites (tertiary alicyclic amines) is 1. The fourth-order valence-electron chi connectivity index (χ4n) is 2.22. The van der Waals surface area contributed by atoms with Crippen LogP contribution in [-0.2, 0) is 0 Å². The molecule has 1 heterocycles. The first-order valence-electron chi connectivity index (χ1n) is 5.93. The van der Waals surface area contributed by atoms with Crippen LogP contribution in [0.4, 0.5) is 0 Å². The lowest BCUT2D eigenvalue weighted by Gasteiger charge is -2.34. The van der Waals surface area contributed by atoms with Crippen LogP contribution in [0.2, 0.25) is 0 Å². The van der Waals surface area contributed by atoms with Crippen molar-refractivity contribution < 1.29 is 5.11 Å². The number of aliphatic hydroxyl groups excluding tert-OH is 1. The van der Waals surface area contributed by atoms with Gasteiger partial charge >= 0.3 is 0 Å². The first-order valence-corrected chi connectivity index (χ1v) is 5.93. The molecular weight excluding hydrogens is 176 g/mol. The standard InChI is InChI=1S/C11H24N2O/c12-10-11-6-2-4-8-13(11)7-3-1-5-9-14/h11,14H,1-10,12H2. The largest absolute Gasteiger partial charge is 0.396 e. The lowest BCUT2D eigenvalue weighted by Crippen LogP contribution is -2.44. The van der Waals surface area contributed by atoms with E-state index in [1.54, 1.807) is 0 Å². The summed E-state index contributed by atoms with van der Waals surface area (Å²) in [5.74, 6) is 0. The minimum Gasteiger partial charge on any atom is -0.396 e. The van der Waals surface area contributed by atoms with Gasteiger partial charge in [0.25, 0.3) is 0 Å². The van der Waals surface area contributed by atoms with Crippen molar-refractivity contribution in [3.05, 3.63) is 0 Å². The van der Waals surface area contributed by atoms with Crippen LogP contribution in [0, 0.1) is 0 Å². The Kier molecular flexibility index (Phi) is 6.15. The first-order chi connectivity index (χ1) is 6.88. The third-order valence-electron chi connectivity index (χ3n) is 3.12. The van der Waals surface area contributed by atoms with Crippen LogP contribution < -0.4 is 5.73 Å². The van der Waals surface area contributed by atoms with Crippen molar-refractivity contribution >= 4 is 0 Å². The molecule has 0 bridgehead atoms. The van der Waals surface area contributed by atoms with Gasteiger partial charge in [-0.3, -0.25) is 4.90 Å². The fraction of sp³-hybridized carbons (Fsp3) is 1.00. The highest BCUT2D eigenvalue weighted by molar-refractivity contribution is 4.77. The van der Waals surface area contributed by atoms with E-state index in [9.17, 15) is 0 Å². The Morgan fingerprint density at radius 3 is 2.79 bits per heavy atom. The number of nitrogens with two attached hydrogens (primary N) is 1. The third-order valence-corrected chi connectivity index (χ3v) is 3.12. The molecule has 0 amide bonds. The number of aliphatic hydroxyl groups is 1. The molecule has 0 saturated carbocycles. The molecular formula is C11H24N2O. The minimum absolute atomic E-state index is 0.334. The monoisotopic (exact) mass is 200 g/mol. The Hall–Kier alpha value is -0.120. The summed E-state index contributed by atoms with van der Waals surface area (Å²) in [6, 6.07) is 0.623. The summed E-state index contributed by atoms with van der Waals surface area (Å²) >= 11 is 0. The number of hydrogen-bond donors (Lipinski definition) is 2. The molecule has 0 spiro atoms. The Morgan fingerprint density at radius 2 is 2.07 bits per heavy atom. The summed E-state index contributed by atoms with van der Waals surface area (Å²) in [7, 11) is 0. The van der Waals surface area contributed by atoms with Gasteiger partial charge in [-0.1, -0.05) is 6.42 Å². The summed E-state index contributed by atoms with van der Waals surface area (Å²) in [6.45, 7) is 3.53. The van der Waals surface area contributed by atoms with Gasteiger partial charge < -0.3 is 10.8 Å². The van der Waals surface area contributed by atoms with E-state index in [1.165, 1.54) is 38.8 Å². The van der Waals surface area contributed by atoms with E-state index in [-0.39, 0.29) is 0 Å². The normalized spacial score (nSPS) is 24.0. The molecule has 1 unspecified atom stereocenters. The minimum atomic E-state index is 0.334. The highest BCUT2D eigenvalue weighted by Gasteiger charge is 2.19. The van der Waals surface area contributed by atoms with Crippen LogP contribution in [0.15, 0.2) is 0 Å². The summed E-state index contributed by atoms with van der Waals surface area (Å²) < 4.78 is 0. The van der Waals surface area contributed by atoms with Gasteiger partial charge in [0.1, 0.15) is 0 Å². The van der Waals surface area contributed by atoms with E-state index >= 15 is 0 Å². The Bertz CT molecular complexity index is 141. The van der Waals surface area contributed by atoms with Gasteiger partial charge in [-0.15, -0.1) is 0 Å². The topological polar surface area (TPSA) is 49.5 Å². The molecule has 1 fully saturated rings. The fourth-order valence-corrected chi connectivity index (χ4v) is 2.22. The van der Waals surface area contributed by atoms with E-state index in [2.05, 4.69) is 4.90 Å². The van der Waals surface area contributed by atoms with Gasteiger partial charge in [-0.05, 0) is 45.2 Å². The van der Waals surface area contributed by atoms with Crippen LogP contribution in [0.5, 0.6) is 0 Å². The average Bonchev–Trinajstić information content (AvgIpc) is 2.25. The lowest BCUT2D eigenvalue weighted by molar-refractivity contribution is 0.148. The average molecular weight is 200 g/mol. The molecule has 0 radical (unpaired) electrons. The van der Waals surface area contributed by atoms with Gasteiger partial charge in [0, 0.05) is 19.2 Å². The van der Waals surface area contributed by atoms with E-state index < -0.39 is 0 Å². The van der Waals surface area contributed by atoms with Gasteiger partial charge in [0.15, 0.2) is 0 Å². The number of nitrogens with zero attached hydrogens (tertiary/aromatic N) is 1. The molecule has 1 saturated heterocycles. The molecule has 1 aliphatic rings. The van der Waals surface area contributed by atoms with Crippen molar-refractivity contribution in [2.75, 3.05) is 26.2 Å². The molecule has 1 atom stereocenters. The maximum absolute atomic E-state index is 8.67. The molecule has 0 aromatic carbocycles. The van der Waals surface area contributed by atoms with Crippen molar-refractivity contribution in [1.82, 2.24) is 4.90 Å². The second kappa shape index (κ2) is 7.21. The Morgan fingerprint density at radius 1 is 1.21 bits per heavy atom. The van der Waals surface area contributed by atoms with Gasteiger partial charge in [-0.25, -0.2) is 0 Å². The van der Waals surface area contributed by atoms with E-state index in [0.717, 1.165) is 19.4 Å². The maximum Gasteiger partial charge on any atom is 0.0431 e. The van der Waals surface area contributed by atoms with Crippen molar-refractivity contribution in [3.63, 3.8) is 0 Å². The highest BCUT2D eigenvalue weighted by Crippen LogP contribution is 2.16. The van der Waals surface area contributed by atoms with Crippen molar-refractivity contribution in [1.29, 1.82) is 0 Å². The number of rotatable bonds is 6. The van der Waals surface area contributed by atoms with E-state index in [4.69, 9.17) is 10.8 Å². The summed E-state index contributed by atoms with van der Waals surface area (Å²) in [5, 5.41) is 8.67. The van der Waals surface area contributed by atoms with Gasteiger partial charge in [-0.2, -0.15) is 0 Å². The van der Waals surface area contributed by atoms with Crippen LogP contribution in [-0.4, -0.2) is 42.3 Å². The molecule has 3 N–H and O–H groups in total. The molecule has 1 rings (SSSR count). The van der Waals surface area contributed by atoms with Gasteiger partial charge in [0.05, 0.1) is 0 Å². The summed E-state index contributed by atoms with van der Waals surface area (Å²) in [4.78, 5) is 2.53. The Labute approximate surface area is 87.3 Å². The predicted molar refractivity (Wildman–Crippen MR) is 59.2 cm³/mol. The van der Waals surface area contributed by atoms with Gasteiger partial charge in [0.2, 0.25) is 0 Å². The maximum atomic E-state index is 8.67. The highest BCUT2D eigenvalue weighted by atomic mass is 16.2. The lowest BCUT2D eigenvalue weighted by atomic mass is 10.0. The quantitative estimate of drug-likeness (QED) is 0.628. The van der Waals surface area contributed by atoms with Crippen molar-refractivity contribution in [3.8, 4) is 0 Å². The zero-order valence-corrected chi connectivity index (χ0v) is 9.12. The summed E-state index contributed by atoms with van der Waals surface area (Å²) in [6.07, 6.45) is 7.24. The molecule has 3 nitrogen and oxygen atoms in total. The first kappa shape index (κ1) is 12.0. The number of unbranched alkanes of at least 4 members (excludes halogenated alkanes) is 2. The second-order valence-corrected chi connectivity index (χ2v) is 4.21.